The summed E-state index contributed by atoms with van der Waals surface area (Å²) in [6, 6.07) is 8.78. The average Bonchev–Trinajstić information content (AvgIpc) is 2.98. The van der Waals surface area contributed by atoms with Gasteiger partial charge in [-0.1, -0.05) is 50.9 Å². The van der Waals surface area contributed by atoms with E-state index in [4.69, 9.17) is 26.2 Å². The van der Waals surface area contributed by atoms with Gasteiger partial charge in [0.15, 0.2) is 5.78 Å². The van der Waals surface area contributed by atoms with Crippen LogP contribution in [0.15, 0.2) is 47.7 Å². The molecule has 0 saturated carbocycles. The van der Waals surface area contributed by atoms with Crippen molar-refractivity contribution in [3.8, 4) is 11.5 Å². The number of phenolic OH excluding ortho intramolecular Hbond substituents is 1. The Kier molecular flexibility index (Phi) is 8.39. The monoisotopic (exact) mass is 556 g/mol. The zero-order valence-electron chi connectivity index (χ0n) is 22.3. The van der Waals surface area contributed by atoms with E-state index < -0.39 is 18.1 Å². The van der Waals surface area contributed by atoms with Crippen molar-refractivity contribution >= 4 is 40.8 Å². The summed E-state index contributed by atoms with van der Waals surface area (Å²) in [6.07, 6.45) is 1.31. The van der Waals surface area contributed by atoms with Crippen LogP contribution in [0.2, 0.25) is 5.02 Å². The summed E-state index contributed by atoms with van der Waals surface area (Å²) in [5, 5.41) is 23.4. The summed E-state index contributed by atoms with van der Waals surface area (Å²) < 4.78 is 11.2. The minimum absolute atomic E-state index is 0.120. The number of hydrogen-bond acceptors (Lipinski definition) is 7. The molecule has 10 heteroatoms. The number of fused-ring (bicyclic) bond motifs is 1. The fourth-order valence-electron chi connectivity index (χ4n) is 4.99. The van der Waals surface area contributed by atoms with Crippen molar-refractivity contribution < 1.29 is 34.1 Å². The molecule has 0 radical (unpaired) electrons. The van der Waals surface area contributed by atoms with Gasteiger partial charge in [-0.05, 0) is 48.1 Å². The summed E-state index contributed by atoms with van der Waals surface area (Å²) >= 11 is 6.80. The second kappa shape index (κ2) is 11.6. The minimum Gasteiger partial charge on any atom is -0.506 e. The van der Waals surface area contributed by atoms with E-state index in [0.717, 1.165) is 12.8 Å². The summed E-state index contributed by atoms with van der Waals surface area (Å²) in [7, 11) is 0. The number of anilines is 2. The smallest absolute Gasteiger partial charge is 0.415 e. The molecule has 1 aliphatic heterocycles. The largest absolute Gasteiger partial charge is 0.506 e. The molecule has 2 aromatic rings. The SMILES string of the molecule is CCCCOc1ccc(C2C3=C(CC(C)(C)CC3=O)Nc3c(O)cccc3N2C(=O)OCCC(=O)O)c(Cl)c1. The van der Waals surface area contributed by atoms with Gasteiger partial charge in [0.05, 0.1) is 24.8 Å². The Balaban J connectivity index is 1.90. The van der Waals surface area contributed by atoms with Crippen LogP contribution in [-0.2, 0) is 14.3 Å². The van der Waals surface area contributed by atoms with Gasteiger partial charge < -0.3 is 25.0 Å². The van der Waals surface area contributed by atoms with Crippen molar-refractivity contribution in [1.29, 1.82) is 0 Å². The van der Waals surface area contributed by atoms with Gasteiger partial charge in [-0.25, -0.2) is 4.79 Å². The van der Waals surface area contributed by atoms with Crippen LogP contribution in [0.25, 0.3) is 0 Å². The Hall–Kier alpha value is -3.72. The summed E-state index contributed by atoms with van der Waals surface area (Å²) in [5.41, 5.74) is 1.51. The van der Waals surface area contributed by atoms with E-state index in [1.165, 1.54) is 11.0 Å². The first-order valence-corrected chi connectivity index (χ1v) is 13.4. The Bertz CT molecular complexity index is 1320. The van der Waals surface area contributed by atoms with Crippen molar-refractivity contribution in [1.82, 2.24) is 0 Å². The molecule has 0 bridgehead atoms. The molecular formula is C29H33ClN2O7. The predicted molar refractivity (Wildman–Crippen MR) is 147 cm³/mol. The van der Waals surface area contributed by atoms with Gasteiger partial charge in [0, 0.05) is 22.7 Å². The number of halogens is 1. The maximum absolute atomic E-state index is 13.8. The number of carboxylic acids is 1. The Morgan fingerprint density at radius 2 is 1.95 bits per heavy atom. The number of nitrogens with zero attached hydrogens (tertiary/aromatic N) is 1. The van der Waals surface area contributed by atoms with Crippen molar-refractivity contribution in [2.45, 2.75) is 58.9 Å². The summed E-state index contributed by atoms with van der Waals surface area (Å²) in [5.74, 6) is -0.854. The van der Waals surface area contributed by atoms with E-state index in [-0.39, 0.29) is 52.8 Å². The van der Waals surface area contributed by atoms with Gasteiger partial charge in [-0.3, -0.25) is 14.5 Å². The zero-order chi connectivity index (χ0) is 28.3. The Labute approximate surface area is 232 Å². The van der Waals surface area contributed by atoms with Crippen LogP contribution in [0.3, 0.4) is 0 Å². The molecule has 39 heavy (non-hydrogen) atoms. The number of carbonyl (C=O) groups is 3. The maximum atomic E-state index is 13.8. The number of carboxylic acid groups (broad SMARTS) is 1. The number of nitrogens with one attached hydrogen (secondary N) is 1. The molecule has 4 rings (SSSR count). The van der Waals surface area contributed by atoms with E-state index >= 15 is 0 Å². The molecule has 1 aliphatic carbocycles. The van der Waals surface area contributed by atoms with Crippen LogP contribution in [-0.4, -0.2) is 41.3 Å². The highest BCUT2D eigenvalue weighted by atomic mass is 35.5. The number of aliphatic carboxylic acids is 1. The van der Waals surface area contributed by atoms with E-state index in [2.05, 4.69) is 12.2 Å². The average molecular weight is 557 g/mol. The van der Waals surface area contributed by atoms with Gasteiger partial charge in [-0.15, -0.1) is 0 Å². The lowest BCUT2D eigenvalue weighted by Gasteiger charge is -2.37. The number of ketones is 1. The van der Waals surface area contributed by atoms with Crippen LogP contribution in [0, 0.1) is 5.41 Å². The van der Waals surface area contributed by atoms with Gasteiger partial charge in [0.1, 0.15) is 23.8 Å². The molecule has 0 fully saturated rings. The number of hydrogen-bond donors (Lipinski definition) is 3. The third-order valence-corrected chi connectivity index (χ3v) is 7.11. The Morgan fingerprint density at radius 1 is 1.18 bits per heavy atom. The molecule has 1 unspecified atom stereocenters. The van der Waals surface area contributed by atoms with Crippen molar-refractivity contribution in [2.24, 2.45) is 5.41 Å². The lowest BCUT2D eigenvalue weighted by atomic mass is 9.73. The van der Waals surface area contributed by atoms with Crippen LogP contribution >= 0.6 is 11.6 Å². The maximum Gasteiger partial charge on any atom is 0.415 e. The number of benzene rings is 2. The van der Waals surface area contributed by atoms with Crippen molar-refractivity contribution in [3.63, 3.8) is 0 Å². The lowest BCUT2D eigenvalue weighted by Crippen LogP contribution is -2.40. The number of allylic oxidation sites excluding steroid dienone is 1. The summed E-state index contributed by atoms with van der Waals surface area (Å²) in [4.78, 5) is 39.7. The van der Waals surface area contributed by atoms with E-state index in [9.17, 15) is 19.5 Å². The third-order valence-electron chi connectivity index (χ3n) is 6.78. The molecule has 0 aromatic heterocycles. The number of para-hydroxylation sites is 1. The molecule has 2 aliphatic rings. The van der Waals surface area contributed by atoms with Crippen LogP contribution < -0.4 is 15.0 Å². The van der Waals surface area contributed by atoms with Gasteiger partial charge >= 0.3 is 12.1 Å². The topological polar surface area (TPSA) is 125 Å². The highest BCUT2D eigenvalue weighted by Gasteiger charge is 2.45. The number of aromatic hydroxyl groups is 1. The van der Waals surface area contributed by atoms with Gasteiger partial charge in [0.25, 0.3) is 0 Å². The van der Waals surface area contributed by atoms with Crippen LogP contribution in [0.4, 0.5) is 16.2 Å². The quantitative estimate of drug-likeness (QED) is 0.250. The second-order valence-corrected chi connectivity index (χ2v) is 11.0. The lowest BCUT2D eigenvalue weighted by molar-refractivity contribution is -0.137. The number of rotatable bonds is 8. The molecule has 1 heterocycles. The van der Waals surface area contributed by atoms with Crippen LogP contribution in [0.1, 0.15) is 64.5 Å². The number of ether oxygens (including phenoxy) is 2. The molecule has 208 valence electrons. The molecule has 9 nitrogen and oxygen atoms in total. The first-order chi connectivity index (χ1) is 18.5. The van der Waals surface area contributed by atoms with E-state index in [0.29, 0.717) is 35.6 Å². The number of phenols is 1. The number of unbranched alkanes of at least 4 members (excludes halogenated alkanes) is 1. The van der Waals surface area contributed by atoms with E-state index in [1.807, 2.05) is 13.8 Å². The standard InChI is InChI=1S/C29H33ClN2O7/c1-4-5-12-38-17-9-10-18(19(30)14-17)27-25-20(15-29(2,3)16-23(25)34)31-26-21(7-6-8-22(26)33)32(27)28(37)39-13-11-24(35)36/h6-10,14,27,31,33H,4-5,11-13,15-16H2,1-3H3,(H,35,36). The molecule has 0 saturated heterocycles. The van der Waals surface area contributed by atoms with Crippen LogP contribution in [0.5, 0.6) is 11.5 Å². The van der Waals surface area contributed by atoms with E-state index in [1.54, 1.807) is 30.3 Å². The molecule has 1 atom stereocenters. The van der Waals surface area contributed by atoms with Crippen molar-refractivity contribution in [3.05, 3.63) is 58.3 Å². The van der Waals surface area contributed by atoms with Gasteiger partial charge in [0.2, 0.25) is 0 Å². The Morgan fingerprint density at radius 3 is 2.64 bits per heavy atom. The van der Waals surface area contributed by atoms with Gasteiger partial charge in [-0.2, -0.15) is 0 Å². The number of amides is 1. The van der Waals surface area contributed by atoms with Crippen molar-refractivity contribution in [2.75, 3.05) is 23.4 Å². The second-order valence-electron chi connectivity index (χ2n) is 10.5. The fraction of sp³-hybridized carbons (Fsp3) is 0.414. The predicted octanol–water partition coefficient (Wildman–Crippen LogP) is 6.45. The first-order valence-electron chi connectivity index (χ1n) is 13.0. The molecule has 1 amide bonds. The minimum atomic E-state index is -1.12. The highest BCUT2D eigenvalue weighted by Crippen LogP contribution is 2.51. The fourth-order valence-corrected chi connectivity index (χ4v) is 5.26. The molecular weight excluding hydrogens is 524 g/mol. The highest BCUT2D eigenvalue weighted by molar-refractivity contribution is 6.31. The molecule has 3 N–H and O–H groups in total. The first kappa shape index (κ1) is 28.3. The number of carbonyl (C=O) groups excluding carboxylic acids is 2. The molecule has 2 aromatic carbocycles. The summed E-state index contributed by atoms with van der Waals surface area (Å²) in [6.45, 7) is 6.18. The number of Topliss-reactive ketones (excluding diaryl/α,β-unsaturated/α-hetero) is 1. The third kappa shape index (κ3) is 6.14. The normalized spacial score (nSPS) is 18.0. The molecule has 0 spiro atoms. The zero-order valence-corrected chi connectivity index (χ0v) is 23.0.